The molecular weight excluding hydrogens is 314 g/mol. The van der Waals surface area contributed by atoms with Crippen LogP contribution < -0.4 is 9.64 Å². The highest BCUT2D eigenvalue weighted by atomic mass is 19.1. The molecule has 0 unspecified atom stereocenters. The summed E-state index contributed by atoms with van der Waals surface area (Å²) in [5.74, 6) is -1.06. The molecule has 1 aliphatic heterocycles. The lowest BCUT2D eigenvalue weighted by atomic mass is 10.1. The molecule has 126 valence electrons. The van der Waals surface area contributed by atoms with Gasteiger partial charge in [0.15, 0.2) is 0 Å². The van der Waals surface area contributed by atoms with Crippen LogP contribution in [0.5, 0.6) is 5.75 Å². The van der Waals surface area contributed by atoms with Gasteiger partial charge in [0.05, 0.1) is 12.8 Å². The van der Waals surface area contributed by atoms with E-state index < -0.39 is 11.6 Å². The lowest BCUT2D eigenvalue weighted by Gasteiger charge is -2.36. The van der Waals surface area contributed by atoms with E-state index in [1.165, 1.54) is 0 Å². The first-order valence-electron chi connectivity index (χ1n) is 7.72. The van der Waals surface area contributed by atoms with Crippen molar-refractivity contribution in [2.75, 3.05) is 38.2 Å². The second-order valence-corrected chi connectivity index (χ2v) is 5.61. The molecule has 24 heavy (non-hydrogen) atoms. The van der Waals surface area contributed by atoms with Crippen LogP contribution in [-0.2, 0) is 0 Å². The summed E-state index contributed by atoms with van der Waals surface area (Å²) in [4.78, 5) is 16.2. The summed E-state index contributed by atoms with van der Waals surface area (Å²) < 4.78 is 31.9. The van der Waals surface area contributed by atoms with Gasteiger partial charge in [0, 0.05) is 37.8 Å². The number of benzene rings is 2. The van der Waals surface area contributed by atoms with E-state index in [0.717, 1.165) is 29.6 Å². The summed E-state index contributed by atoms with van der Waals surface area (Å²) in [6.45, 7) is 2.22. The number of carbonyl (C=O) groups excluding carboxylic acids is 1. The number of para-hydroxylation sites is 2. The van der Waals surface area contributed by atoms with Crippen LogP contribution in [0, 0.1) is 11.6 Å². The largest absolute Gasteiger partial charge is 0.495 e. The average molecular weight is 332 g/mol. The van der Waals surface area contributed by atoms with Crippen molar-refractivity contribution in [3.05, 3.63) is 59.7 Å². The van der Waals surface area contributed by atoms with Gasteiger partial charge in [-0.15, -0.1) is 0 Å². The van der Waals surface area contributed by atoms with Crippen LogP contribution in [0.15, 0.2) is 42.5 Å². The maximum absolute atomic E-state index is 13.3. The van der Waals surface area contributed by atoms with Gasteiger partial charge in [-0.05, 0) is 24.3 Å². The zero-order valence-corrected chi connectivity index (χ0v) is 13.3. The van der Waals surface area contributed by atoms with E-state index in [9.17, 15) is 13.6 Å². The number of carbonyl (C=O) groups is 1. The standard InChI is InChI=1S/C18H18F2N2O2/c1-24-17-5-3-2-4-16(17)21-6-8-22(9-7-21)18(23)13-10-14(19)12-15(20)11-13/h2-5,10-12H,6-9H2,1H3. The predicted molar refractivity (Wildman–Crippen MR) is 87.5 cm³/mol. The maximum Gasteiger partial charge on any atom is 0.254 e. The van der Waals surface area contributed by atoms with Gasteiger partial charge in [0.2, 0.25) is 0 Å². The molecule has 0 aromatic heterocycles. The minimum Gasteiger partial charge on any atom is -0.495 e. The smallest absolute Gasteiger partial charge is 0.254 e. The minimum atomic E-state index is -0.744. The topological polar surface area (TPSA) is 32.8 Å². The van der Waals surface area contributed by atoms with Crippen LogP contribution in [-0.4, -0.2) is 44.1 Å². The molecule has 0 spiro atoms. The minimum absolute atomic E-state index is 0.0400. The fourth-order valence-electron chi connectivity index (χ4n) is 2.90. The Morgan fingerprint density at radius 3 is 2.25 bits per heavy atom. The van der Waals surface area contributed by atoms with Crippen molar-refractivity contribution >= 4 is 11.6 Å². The van der Waals surface area contributed by atoms with Gasteiger partial charge in [-0.25, -0.2) is 8.78 Å². The number of hydrogen-bond acceptors (Lipinski definition) is 3. The number of ether oxygens (including phenoxy) is 1. The first kappa shape index (κ1) is 16.2. The summed E-state index contributed by atoms with van der Waals surface area (Å²) >= 11 is 0. The van der Waals surface area contributed by atoms with Gasteiger partial charge < -0.3 is 14.5 Å². The Bertz CT molecular complexity index is 723. The third-order valence-corrected chi connectivity index (χ3v) is 4.10. The summed E-state index contributed by atoms with van der Waals surface area (Å²) in [5.41, 5.74) is 1.02. The highest BCUT2D eigenvalue weighted by molar-refractivity contribution is 5.94. The lowest BCUT2D eigenvalue weighted by Crippen LogP contribution is -2.48. The van der Waals surface area contributed by atoms with E-state index in [1.54, 1.807) is 12.0 Å². The van der Waals surface area contributed by atoms with Gasteiger partial charge >= 0.3 is 0 Å². The Balaban J connectivity index is 1.69. The normalized spacial score (nSPS) is 14.6. The summed E-state index contributed by atoms with van der Waals surface area (Å²) in [6.07, 6.45) is 0. The van der Waals surface area contributed by atoms with Gasteiger partial charge in [-0.3, -0.25) is 4.79 Å². The van der Waals surface area contributed by atoms with Crippen molar-refractivity contribution in [3.63, 3.8) is 0 Å². The zero-order chi connectivity index (χ0) is 17.1. The Morgan fingerprint density at radius 1 is 1.00 bits per heavy atom. The molecule has 0 atom stereocenters. The number of rotatable bonds is 3. The van der Waals surface area contributed by atoms with E-state index in [-0.39, 0.29) is 11.5 Å². The van der Waals surface area contributed by atoms with Crippen molar-refractivity contribution < 1.29 is 18.3 Å². The molecule has 0 bridgehead atoms. The Kier molecular flexibility index (Phi) is 4.64. The van der Waals surface area contributed by atoms with Crippen molar-refractivity contribution in [2.45, 2.75) is 0 Å². The van der Waals surface area contributed by atoms with E-state index in [0.29, 0.717) is 26.2 Å². The monoisotopic (exact) mass is 332 g/mol. The highest BCUT2D eigenvalue weighted by Gasteiger charge is 2.24. The molecule has 0 N–H and O–H groups in total. The number of halogens is 2. The molecule has 1 heterocycles. The van der Waals surface area contributed by atoms with Crippen LogP contribution >= 0.6 is 0 Å². The fraction of sp³-hybridized carbons (Fsp3) is 0.278. The number of anilines is 1. The Hall–Kier alpha value is -2.63. The molecule has 2 aromatic carbocycles. The fourth-order valence-corrected chi connectivity index (χ4v) is 2.90. The molecule has 6 heteroatoms. The third kappa shape index (κ3) is 3.32. The molecule has 0 aliphatic carbocycles. The zero-order valence-electron chi connectivity index (χ0n) is 13.3. The summed E-state index contributed by atoms with van der Waals surface area (Å²) in [7, 11) is 1.62. The molecule has 2 aromatic rings. The second-order valence-electron chi connectivity index (χ2n) is 5.61. The van der Waals surface area contributed by atoms with Crippen LogP contribution in [0.4, 0.5) is 14.5 Å². The van der Waals surface area contributed by atoms with Crippen molar-refractivity contribution in [1.82, 2.24) is 4.90 Å². The van der Waals surface area contributed by atoms with Crippen LogP contribution in [0.2, 0.25) is 0 Å². The van der Waals surface area contributed by atoms with E-state index in [2.05, 4.69) is 4.90 Å². The summed E-state index contributed by atoms with van der Waals surface area (Å²) in [6, 6.07) is 10.6. The molecular formula is C18H18F2N2O2. The number of methoxy groups -OCH3 is 1. The van der Waals surface area contributed by atoms with E-state index >= 15 is 0 Å². The Labute approximate surface area is 139 Å². The van der Waals surface area contributed by atoms with Crippen molar-refractivity contribution in [1.29, 1.82) is 0 Å². The van der Waals surface area contributed by atoms with Crippen molar-refractivity contribution in [3.8, 4) is 5.75 Å². The third-order valence-electron chi connectivity index (χ3n) is 4.10. The second kappa shape index (κ2) is 6.86. The molecule has 1 fully saturated rings. The maximum atomic E-state index is 13.3. The quantitative estimate of drug-likeness (QED) is 0.866. The first-order chi connectivity index (χ1) is 11.6. The van der Waals surface area contributed by atoms with Crippen molar-refractivity contribution in [2.24, 2.45) is 0 Å². The van der Waals surface area contributed by atoms with Crippen LogP contribution in [0.3, 0.4) is 0 Å². The SMILES string of the molecule is COc1ccccc1N1CCN(C(=O)c2cc(F)cc(F)c2)CC1. The highest BCUT2D eigenvalue weighted by Crippen LogP contribution is 2.28. The number of nitrogens with zero attached hydrogens (tertiary/aromatic N) is 2. The number of piperazine rings is 1. The lowest BCUT2D eigenvalue weighted by molar-refractivity contribution is 0.0745. The molecule has 4 nitrogen and oxygen atoms in total. The van der Waals surface area contributed by atoms with E-state index in [1.807, 2.05) is 24.3 Å². The average Bonchev–Trinajstić information content (AvgIpc) is 2.60. The number of hydrogen-bond donors (Lipinski definition) is 0. The molecule has 0 radical (unpaired) electrons. The molecule has 0 saturated carbocycles. The summed E-state index contributed by atoms with van der Waals surface area (Å²) in [5, 5.41) is 0. The van der Waals surface area contributed by atoms with Crippen LogP contribution in [0.25, 0.3) is 0 Å². The Morgan fingerprint density at radius 2 is 1.62 bits per heavy atom. The first-order valence-corrected chi connectivity index (χ1v) is 7.72. The molecule has 1 aliphatic rings. The molecule has 1 saturated heterocycles. The van der Waals surface area contributed by atoms with Crippen LogP contribution in [0.1, 0.15) is 10.4 Å². The number of amides is 1. The van der Waals surface area contributed by atoms with Gasteiger partial charge in [-0.2, -0.15) is 0 Å². The van der Waals surface area contributed by atoms with Gasteiger partial charge in [-0.1, -0.05) is 12.1 Å². The molecule has 1 amide bonds. The van der Waals surface area contributed by atoms with E-state index in [4.69, 9.17) is 4.74 Å². The van der Waals surface area contributed by atoms with Gasteiger partial charge in [0.1, 0.15) is 17.4 Å². The predicted octanol–water partition coefficient (Wildman–Crippen LogP) is 2.94. The van der Waals surface area contributed by atoms with Gasteiger partial charge in [0.25, 0.3) is 5.91 Å². The molecule has 3 rings (SSSR count).